The zero-order chi connectivity index (χ0) is 11.3. The predicted octanol–water partition coefficient (Wildman–Crippen LogP) is 1.99. The number of hydrogen-bond donors (Lipinski definition) is 0. The Morgan fingerprint density at radius 1 is 1.50 bits per heavy atom. The number of β-lactam (4-membered cyclic amide) rings is 1. The van der Waals surface area contributed by atoms with Crippen LogP contribution in [0.1, 0.15) is 26.7 Å². The maximum Gasteiger partial charge on any atom is 0.233 e. The van der Waals surface area contributed by atoms with E-state index < -0.39 is 0 Å². The molecule has 3 rings (SSSR count). The van der Waals surface area contributed by atoms with Crippen LogP contribution in [0.3, 0.4) is 0 Å². The lowest BCUT2D eigenvalue weighted by molar-refractivity contribution is -0.145. The van der Waals surface area contributed by atoms with Crippen molar-refractivity contribution >= 4 is 17.7 Å². The Labute approximate surface area is 100 Å². The summed E-state index contributed by atoms with van der Waals surface area (Å²) in [4.78, 5) is 13.8. The van der Waals surface area contributed by atoms with Crippen molar-refractivity contribution in [3.8, 4) is 0 Å². The average Bonchev–Trinajstić information content (AvgIpc) is 2.81. The van der Waals surface area contributed by atoms with Gasteiger partial charge in [0.15, 0.2) is 0 Å². The topological polar surface area (TPSA) is 29.5 Å². The standard InChI is InChI=1S/C12H17NO2S/c1-7-11(14)13-8(2)9(6-16-12(7)13)10-4-3-5-15-10/h7,10,12H,3-6H2,1-2H3/t7-,10?,12-/m1/s1. The molecule has 3 heterocycles. The largest absolute Gasteiger partial charge is 0.374 e. The summed E-state index contributed by atoms with van der Waals surface area (Å²) >= 11 is 1.89. The molecule has 0 bridgehead atoms. The Bertz CT molecular complexity index is 360. The van der Waals surface area contributed by atoms with Gasteiger partial charge >= 0.3 is 0 Å². The van der Waals surface area contributed by atoms with Crippen LogP contribution >= 0.6 is 11.8 Å². The first kappa shape index (κ1) is 10.7. The molecule has 0 aromatic carbocycles. The Hall–Kier alpha value is -0.480. The fraction of sp³-hybridized carbons (Fsp3) is 0.750. The van der Waals surface area contributed by atoms with Crippen LogP contribution < -0.4 is 0 Å². The summed E-state index contributed by atoms with van der Waals surface area (Å²) < 4.78 is 5.72. The van der Waals surface area contributed by atoms with Crippen LogP contribution in [0.4, 0.5) is 0 Å². The first-order valence-corrected chi connectivity index (χ1v) is 7.01. The number of carbonyl (C=O) groups excluding carboxylic acids is 1. The van der Waals surface area contributed by atoms with Gasteiger partial charge in [-0.2, -0.15) is 0 Å². The molecule has 3 atom stereocenters. The molecule has 4 heteroatoms. The number of amides is 1. The second kappa shape index (κ2) is 3.77. The van der Waals surface area contributed by atoms with Gasteiger partial charge in [0.25, 0.3) is 0 Å². The highest BCUT2D eigenvalue weighted by Crippen LogP contribution is 2.44. The van der Waals surface area contributed by atoms with Gasteiger partial charge in [-0.3, -0.25) is 4.79 Å². The van der Waals surface area contributed by atoms with E-state index in [1.165, 1.54) is 11.3 Å². The Kier molecular flexibility index (Phi) is 2.51. The lowest BCUT2D eigenvalue weighted by Gasteiger charge is -2.49. The highest BCUT2D eigenvalue weighted by atomic mass is 32.2. The molecule has 1 unspecified atom stereocenters. The third-order valence-electron chi connectivity index (χ3n) is 3.86. The molecule has 16 heavy (non-hydrogen) atoms. The third-order valence-corrected chi connectivity index (χ3v) is 5.30. The van der Waals surface area contributed by atoms with E-state index in [0.717, 1.165) is 25.2 Å². The molecule has 0 spiro atoms. The van der Waals surface area contributed by atoms with Crippen molar-refractivity contribution in [3.05, 3.63) is 11.3 Å². The Morgan fingerprint density at radius 2 is 2.31 bits per heavy atom. The predicted molar refractivity (Wildman–Crippen MR) is 63.9 cm³/mol. The van der Waals surface area contributed by atoms with Gasteiger partial charge in [-0.15, -0.1) is 11.8 Å². The summed E-state index contributed by atoms with van der Waals surface area (Å²) in [5.74, 6) is 1.52. The molecule has 2 saturated heterocycles. The van der Waals surface area contributed by atoms with Crippen LogP contribution in [0.15, 0.2) is 11.3 Å². The maximum atomic E-state index is 11.8. The summed E-state index contributed by atoms with van der Waals surface area (Å²) in [5.41, 5.74) is 2.51. The van der Waals surface area contributed by atoms with E-state index in [0.29, 0.717) is 5.37 Å². The molecular formula is C12H17NO2S. The number of nitrogens with zero attached hydrogens (tertiary/aromatic N) is 1. The maximum absolute atomic E-state index is 11.8. The Balaban J connectivity index is 1.86. The number of fused-ring (bicyclic) bond motifs is 1. The zero-order valence-electron chi connectivity index (χ0n) is 9.73. The molecule has 0 radical (unpaired) electrons. The van der Waals surface area contributed by atoms with E-state index in [1.54, 1.807) is 0 Å². The summed E-state index contributed by atoms with van der Waals surface area (Å²) in [6, 6.07) is 0. The summed E-state index contributed by atoms with van der Waals surface area (Å²) in [5, 5.41) is 0.387. The first-order chi connectivity index (χ1) is 7.70. The molecule has 0 aromatic heterocycles. The van der Waals surface area contributed by atoms with E-state index in [4.69, 9.17) is 4.74 Å². The lowest BCUT2D eigenvalue weighted by atomic mass is 9.96. The molecule has 0 aromatic rings. The van der Waals surface area contributed by atoms with E-state index in [9.17, 15) is 4.79 Å². The van der Waals surface area contributed by atoms with Crippen molar-refractivity contribution in [2.75, 3.05) is 12.4 Å². The van der Waals surface area contributed by atoms with Crippen molar-refractivity contribution in [1.82, 2.24) is 4.90 Å². The van der Waals surface area contributed by atoms with Crippen LogP contribution in [0.2, 0.25) is 0 Å². The van der Waals surface area contributed by atoms with Crippen LogP contribution in [0, 0.1) is 5.92 Å². The Morgan fingerprint density at radius 3 is 3.00 bits per heavy atom. The molecule has 0 N–H and O–H groups in total. The number of ether oxygens (including phenoxy) is 1. The number of hydrogen-bond acceptors (Lipinski definition) is 3. The van der Waals surface area contributed by atoms with Gasteiger partial charge in [-0.05, 0) is 25.3 Å². The first-order valence-electron chi connectivity index (χ1n) is 5.96. The normalized spacial score (nSPS) is 38.8. The average molecular weight is 239 g/mol. The van der Waals surface area contributed by atoms with Gasteiger partial charge in [0, 0.05) is 18.1 Å². The molecular weight excluding hydrogens is 222 g/mol. The van der Waals surface area contributed by atoms with Gasteiger partial charge < -0.3 is 9.64 Å². The van der Waals surface area contributed by atoms with Gasteiger partial charge in [0.2, 0.25) is 5.91 Å². The number of rotatable bonds is 1. The lowest BCUT2D eigenvalue weighted by Crippen LogP contribution is -2.59. The minimum atomic E-state index is 0.200. The molecule has 88 valence electrons. The minimum Gasteiger partial charge on any atom is -0.374 e. The van der Waals surface area contributed by atoms with E-state index in [1.807, 2.05) is 23.6 Å². The van der Waals surface area contributed by atoms with Crippen LogP contribution in [0.5, 0.6) is 0 Å². The van der Waals surface area contributed by atoms with Crippen molar-refractivity contribution in [3.63, 3.8) is 0 Å². The fourth-order valence-electron chi connectivity index (χ4n) is 2.80. The quantitative estimate of drug-likeness (QED) is 0.655. The monoisotopic (exact) mass is 239 g/mol. The highest BCUT2D eigenvalue weighted by Gasteiger charge is 2.48. The van der Waals surface area contributed by atoms with Gasteiger partial charge in [0.1, 0.15) is 0 Å². The highest BCUT2D eigenvalue weighted by molar-refractivity contribution is 8.00. The molecule has 0 saturated carbocycles. The van der Waals surface area contributed by atoms with Crippen molar-refractivity contribution in [2.24, 2.45) is 5.92 Å². The summed E-state index contributed by atoms with van der Waals surface area (Å²) in [7, 11) is 0. The smallest absolute Gasteiger partial charge is 0.233 e. The number of thioether (sulfide) groups is 1. The summed E-state index contributed by atoms with van der Waals surface area (Å²) in [6.45, 7) is 4.98. The third kappa shape index (κ3) is 1.36. The van der Waals surface area contributed by atoms with Crippen molar-refractivity contribution in [2.45, 2.75) is 38.2 Å². The second-order valence-corrected chi connectivity index (χ2v) is 5.92. The number of carbonyl (C=O) groups is 1. The fourth-order valence-corrected chi connectivity index (χ4v) is 4.36. The van der Waals surface area contributed by atoms with E-state index in [-0.39, 0.29) is 17.9 Å². The van der Waals surface area contributed by atoms with Crippen LogP contribution in [0.25, 0.3) is 0 Å². The molecule has 2 fully saturated rings. The van der Waals surface area contributed by atoms with Gasteiger partial charge in [0.05, 0.1) is 17.4 Å². The molecule has 1 amide bonds. The van der Waals surface area contributed by atoms with Crippen LogP contribution in [-0.4, -0.2) is 34.6 Å². The van der Waals surface area contributed by atoms with Crippen molar-refractivity contribution in [1.29, 1.82) is 0 Å². The van der Waals surface area contributed by atoms with Gasteiger partial charge in [-0.1, -0.05) is 6.92 Å². The summed E-state index contributed by atoms with van der Waals surface area (Å²) in [6.07, 6.45) is 2.55. The second-order valence-electron chi connectivity index (χ2n) is 4.81. The number of allylic oxidation sites excluding steroid dienone is 1. The molecule has 3 aliphatic heterocycles. The minimum absolute atomic E-state index is 0.200. The molecule has 3 nitrogen and oxygen atoms in total. The van der Waals surface area contributed by atoms with Crippen LogP contribution in [-0.2, 0) is 9.53 Å². The molecule has 3 aliphatic rings. The van der Waals surface area contributed by atoms with E-state index in [2.05, 4.69) is 6.92 Å². The molecule has 0 aliphatic carbocycles. The van der Waals surface area contributed by atoms with Gasteiger partial charge in [-0.25, -0.2) is 0 Å². The SMILES string of the molecule is CC1=C(C2CCCO2)CS[C@@H]2[C@H](C)C(=O)N12. The van der Waals surface area contributed by atoms with E-state index >= 15 is 0 Å². The zero-order valence-corrected chi connectivity index (χ0v) is 10.5. The van der Waals surface area contributed by atoms with Crippen molar-refractivity contribution < 1.29 is 9.53 Å².